The summed E-state index contributed by atoms with van der Waals surface area (Å²) >= 11 is 0. The van der Waals surface area contributed by atoms with E-state index in [1.54, 1.807) is 10.6 Å². The van der Waals surface area contributed by atoms with Crippen molar-refractivity contribution in [2.45, 2.75) is 25.6 Å². The monoisotopic (exact) mass is 352 g/mol. The minimum absolute atomic E-state index is 0.107. The summed E-state index contributed by atoms with van der Waals surface area (Å²) in [6, 6.07) is 12.3. The number of ether oxygens (including phenoxy) is 1. The van der Waals surface area contributed by atoms with Crippen molar-refractivity contribution in [2.75, 3.05) is 0 Å². The van der Waals surface area contributed by atoms with Gasteiger partial charge in [-0.25, -0.2) is 4.98 Å². The number of aliphatic hydroxyl groups is 2. The lowest BCUT2D eigenvalue weighted by atomic mass is 10.1. The van der Waals surface area contributed by atoms with Crippen molar-refractivity contribution >= 4 is 11.0 Å². The number of nitrogens with zero attached hydrogens (tertiary/aromatic N) is 2. The van der Waals surface area contributed by atoms with Crippen LogP contribution in [0, 0.1) is 0 Å². The number of alkyl halides is 3. The predicted octanol–water partition coefficient (Wildman–Crippen LogP) is 3.16. The first-order valence-corrected chi connectivity index (χ1v) is 7.46. The second-order valence-corrected chi connectivity index (χ2v) is 5.42. The number of fused-ring (bicyclic) bond motifs is 1. The van der Waals surface area contributed by atoms with Crippen LogP contribution in [-0.2, 0) is 13.2 Å². The predicted molar refractivity (Wildman–Crippen MR) is 83.7 cm³/mol. The molecular formula is C17H15F3N2O3. The minimum atomic E-state index is -4.76. The van der Waals surface area contributed by atoms with Crippen LogP contribution in [0.5, 0.6) is 5.75 Å². The molecule has 25 heavy (non-hydrogen) atoms. The minimum Gasteiger partial charge on any atom is -0.406 e. The molecular weight excluding hydrogens is 337 g/mol. The number of aliphatic hydroxyl groups excluding tert-OH is 2. The van der Waals surface area contributed by atoms with Crippen LogP contribution < -0.4 is 4.74 Å². The van der Waals surface area contributed by atoms with Gasteiger partial charge in [-0.3, -0.25) is 0 Å². The molecule has 1 atom stereocenters. The largest absolute Gasteiger partial charge is 0.573 e. The molecule has 0 saturated heterocycles. The Bertz CT molecular complexity index is 860. The van der Waals surface area contributed by atoms with E-state index in [0.717, 1.165) is 17.6 Å². The van der Waals surface area contributed by atoms with Gasteiger partial charge in [0.15, 0.2) is 0 Å². The highest BCUT2D eigenvalue weighted by Gasteiger charge is 2.31. The first-order chi connectivity index (χ1) is 11.9. The number of benzene rings is 2. The maximum atomic E-state index is 12.2. The van der Waals surface area contributed by atoms with Gasteiger partial charge in [-0.15, -0.1) is 13.2 Å². The summed E-state index contributed by atoms with van der Waals surface area (Å²) in [7, 11) is 0. The van der Waals surface area contributed by atoms with Crippen LogP contribution in [0.25, 0.3) is 11.0 Å². The Balaban J connectivity index is 1.82. The molecule has 0 aliphatic heterocycles. The topological polar surface area (TPSA) is 67.5 Å². The number of hydrogen-bond acceptors (Lipinski definition) is 4. The molecule has 3 aromatic rings. The van der Waals surface area contributed by atoms with Gasteiger partial charge in [0.05, 0.1) is 23.7 Å². The third-order valence-corrected chi connectivity index (χ3v) is 3.73. The molecule has 132 valence electrons. The van der Waals surface area contributed by atoms with Gasteiger partial charge in [-0.2, -0.15) is 0 Å². The highest BCUT2D eigenvalue weighted by Crippen LogP contribution is 2.26. The van der Waals surface area contributed by atoms with E-state index in [1.165, 1.54) is 12.1 Å². The van der Waals surface area contributed by atoms with Crippen LogP contribution in [0.4, 0.5) is 13.2 Å². The van der Waals surface area contributed by atoms with Crippen molar-refractivity contribution < 1.29 is 28.1 Å². The zero-order valence-corrected chi connectivity index (χ0v) is 12.9. The van der Waals surface area contributed by atoms with E-state index in [-0.39, 0.29) is 18.9 Å². The Labute approximate surface area is 140 Å². The van der Waals surface area contributed by atoms with E-state index in [9.17, 15) is 23.4 Å². The molecule has 1 aromatic heterocycles. The highest BCUT2D eigenvalue weighted by molar-refractivity contribution is 5.75. The van der Waals surface area contributed by atoms with Crippen LogP contribution in [0.15, 0.2) is 48.5 Å². The Hall–Kier alpha value is -2.58. The number of hydrogen-bond donors (Lipinski definition) is 2. The number of rotatable bonds is 5. The fourth-order valence-corrected chi connectivity index (χ4v) is 2.62. The van der Waals surface area contributed by atoms with E-state index in [2.05, 4.69) is 9.72 Å². The fourth-order valence-electron chi connectivity index (χ4n) is 2.62. The zero-order valence-electron chi connectivity index (χ0n) is 12.9. The van der Waals surface area contributed by atoms with Gasteiger partial charge < -0.3 is 19.5 Å². The smallest absolute Gasteiger partial charge is 0.406 e. The summed E-state index contributed by atoms with van der Waals surface area (Å²) in [5.74, 6) is 0.0462. The number of imidazole rings is 1. The average molecular weight is 352 g/mol. The Kier molecular flexibility index (Phi) is 4.65. The van der Waals surface area contributed by atoms with Crippen LogP contribution in [0.1, 0.15) is 17.5 Å². The van der Waals surface area contributed by atoms with E-state index in [4.69, 9.17) is 0 Å². The van der Waals surface area contributed by atoms with E-state index < -0.39 is 12.5 Å². The van der Waals surface area contributed by atoms with Gasteiger partial charge in [-0.05, 0) is 29.8 Å². The van der Waals surface area contributed by atoms with Crippen molar-refractivity contribution in [3.05, 3.63) is 59.9 Å². The zero-order chi connectivity index (χ0) is 18.0. The maximum Gasteiger partial charge on any atom is 0.573 e. The van der Waals surface area contributed by atoms with Gasteiger partial charge in [0.2, 0.25) is 0 Å². The lowest BCUT2D eigenvalue weighted by Crippen LogP contribution is -2.17. The van der Waals surface area contributed by atoms with Crippen molar-refractivity contribution in [3.8, 4) is 5.75 Å². The molecule has 0 amide bonds. The Morgan fingerprint density at radius 2 is 1.76 bits per heavy atom. The molecule has 0 unspecified atom stereocenters. The third-order valence-electron chi connectivity index (χ3n) is 3.73. The average Bonchev–Trinajstić information content (AvgIpc) is 2.92. The molecule has 0 aliphatic rings. The van der Waals surface area contributed by atoms with E-state index in [0.29, 0.717) is 16.9 Å². The molecule has 0 fully saturated rings. The molecule has 3 rings (SSSR count). The molecule has 2 N–H and O–H groups in total. The standard InChI is InChI=1S/C17H15F3N2O3/c18-17(19,20)25-12-7-5-11(6-8-12)15(24)9-22-14-4-2-1-3-13(14)21-16(22)10-23/h1-8,15,23-24H,9-10H2/t15-/m0/s1. The Morgan fingerprint density at radius 1 is 1.08 bits per heavy atom. The SMILES string of the molecule is OCc1nc2ccccc2n1C[C@H](O)c1ccc(OC(F)(F)F)cc1. The Morgan fingerprint density at radius 3 is 2.40 bits per heavy atom. The molecule has 1 heterocycles. The molecule has 8 heteroatoms. The first-order valence-electron chi connectivity index (χ1n) is 7.46. The lowest BCUT2D eigenvalue weighted by Gasteiger charge is -2.15. The number of para-hydroxylation sites is 2. The highest BCUT2D eigenvalue weighted by atomic mass is 19.4. The van der Waals surface area contributed by atoms with Crippen LogP contribution in [0.2, 0.25) is 0 Å². The van der Waals surface area contributed by atoms with Gasteiger partial charge >= 0.3 is 6.36 Å². The fraction of sp³-hybridized carbons (Fsp3) is 0.235. The van der Waals surface area contributed by atoms with Crippen LogP contribution >= 0.6 is 0 Å². The molecule has 5 nitrogen and oxygen atoms in total. The van der Waals surface area contributed by atoms with E-state index >= 15 is 0 Å². The summed E-state index contributed by atoms with van der Waals surface area (Å²) in [5.41, 5.74) is 1.87. The molecule has 0 spiro atoms. The molecule has 0 saturated carbocycles. The van der Waals surface area contributed by atoms with Crippen molar-refractivity contribution in [3.63, 3.8) is 0 Å². The van der Waals surface area contributed by atoms with E-state index in [1.807, 2.05) is 18.2 Å². The number of halogens is 3. The third kappa shape index (κ3) is 3.92. The summed E-state index contributed by atoms with van der Waals surface area (Å²) in [5, 5.41) is 19.9. The molecule has 2 aromatic carbocycles. The maximum absolute atomic E-state index is 12.2. The van der Waals surface area contributed by atoms with Crippen molar-refractivity contribution in [1.82, 2.24) is 9.55 Å². The first kappa shape index (κ1) is 17.2. The van der Waals surface area contributed by atoms with Crippen molar-refractivity contribution in [1.29, 1.82) is 0 Å². The van der Waals surface area contributed by atoms with Gasteiger partial charge in [0.25, 0.3) is 0 Å². The summed E-state index contributed by atoms with van der Waals surface area (Å²) in [4.78, 5) is 4.29. The lowest BCUT2D eigenvalue weighted by molar-refractivity contribution is -0.274. The number of aromatic nitrogens is 2. The van der Waals surface area contributed by atoms with Gasteiger partial charge in [0, 0.05) is 0 Å². The second kappa shape index (κ2) is 6.73. The molecule has 0 bridgehead atoms. The normalized spacial score (nSPS) is 13.2. The quantitative estimate of drug-likeness (QED) is 0.740. The molecule has 0 aliphatic carbocycles. The van der Waals surface area contributed by atoms with Crippen molar-refractivity contribution in [2.24, 2.45) is 0 Å². The van der Waals surface area contributed by atoms with Gasteiger partial charge in [0.1, 0.15) is 18.2 Å². The van der Waals surface area contributed by atoms with Crippen LogP contribution in [0.3, 0.4) is 0 Å². The summed E-state index contributed by atoms with van der Waals surface area (Å²) in [6.45, 7) is -0.185. The summed E-state index contributed by atoms with van der Waals surface area (Å²) in [6.07, 6.45) is -5.74. The van der Waals surface area contributed by atoms with Gasteiger partial charge in [-0.1, -0.05) is 24.3 Å². The molecule has 0 radical (unpaired) electrons. The van der Waals surface area contributed by atoms with Crippen LogP contribution in [-0.4, -0.2) is 26.1 Å². The summed E-state index contributed by atoms with van der Waals surface area (Å²) < 4.78 is 42.0. The second-order valence-electron chi connectivity index (χ2n) is 5.42.